The fourth-order valence-electron chi connectivity index (χ4n) is 2.92. The molecule has 0 bridgehead atoms. The highest BCUT2D eigenvalue weighted by molar-refractivity contribution is 8.01. The second-order valence-corrected chi connectivity index (χ2v) is 8.09. The molecule has 1 saturated heterocycles. The summed E-state index contributed by atoms with van der Waals surface area (Å²) in [5, 5.41) is 22.3. The number of ether oxygens (including phenoxy) is 1. The van der Waals surface area contributed by atoms with E-state index < -0.39 is 34.1 Å². The number of H-pyrrole nitrogens is 1. The van der Waals surface area contributed by atoms with Crippen LogP contribution in [0.25, 0.3) is 0 Å². The zero-order valence-electron chi connectivity index (χ0n) is 14.1. The van der Waals surface area contributed by atoms with Crippen LogP contribution in [0.15, 0.2) is 16.4 Å². The maximum atomic E-state index is 12.5. The van der Waals surface area contributed by atoms with Crippen LogP contribution in [0.4, 0.5) is 0 Å². The third-order valence-corrected chi connectivity index (χ3v) is 6.81. The van der Waals surface area contributed by atoms with Crippen LogP contribution in [0.2, 0.25) is 0 Å². The number of carboxylic acids is 1. The van der Waals surface area contributed by atoms with E-state index in [1.807, 2.05) is 0 Å². The molecule has 2 amide bonds. The molecule has 0 aliphatic carbocycles. The average Bonchev–Trinajstić information content (AvgIpc) is 3.15. The van der Waals surface area contributed by atoms with E-state index in [1.165, 1.54) is 18.9 Å². The highest BCUT2D eigenvalue weighted by Gasteiger charge is 2.63. The Balaban J connectivity index is 1.97. The molecule has 1 aromatic heterocycles. The zero-order chi connectivity index (χ0) is 19.8. The Morgan fingerprint density at radius 3 is 2.89 bits per heavy atom. The summed E-state index contributed by atoms with van der Waals surface area (Å²) in [7, 11) is 1.30. The number of thioether (sulfide) groups is 2. The number of carboxylic acid groups (broad SMARTS) is 1. The molecule has 12 nitrogen and oxygen atoms in total. The lowest BCUT2D eigenvalue weighted by Gasteiger charge is -2.54. The second-order valence-electron chi connectivity index (χ2n) is 5.83. The summed E-state index contributed by atoms with van der Waals surface area (Å²) in [5.74, 6) is -2.12. The Hall–Kier alpha value is -2.16. The maximum absolute atomic E-state index is 12.5. The van der Waals surface area contributed by atoms with Gasteiger partial charge in [-0.05, 0) is 22.4 Å². The zero-order valence-corrected chi connectivity index (χ0v) is 15.7. The van der Waals surface area contributed by atoms with Crippen molar-refractivity contribution < 1.29 is 24.2 Å². The first kappa shape index (κ1) is 19.6. The van der Waals surface area contributed by atoms with Gasteiger partial charge < -0.3 is 15.6 Å². The first-order valence-electron chi connectivity index (χ1n) is 7.74. The molecular formula is C13H17N7O5S2. The Labute approximate surface area is 161 Å². The van der Waals surface area contributed by atoms with Crippen LogP contribution in [-0.2, 0) is 19.1 Å². The first-order valence-corrected chi connectivity index (χ1v) is 9.66. The molecule has 6 N–H and O–H groups in total. The SMILES string of the molecule is CO[C@@]1(N)C(=O)N2C(C(=O)O)=C(C(CCC(N)=O)Sc3nnn[nH]3)CS[C@H]21. The van der Waals surface area contributed by atoms with Crippen molar-refractivity contribution in [3.05, 3.63) is 11.3 Å². The van der Waals surface area contributed by atoms with Crippen LogP contribution in [0.5, 0.6) is 0 Å². The number of hydrogen-bond donors (Lipinski definition) is 4. The van der Waals surface area contributed by atoms with Crippen molar-refractivity contribution in [2.45, 2.75) is 34.3 Å². The summed E-state index contributed by atoms with van der Waals surface area (Å²) in [6, 6.07) is 0. The van der Waals surface area contributed by atoms with E-state index in [0.717, 1.165) is 16.7 Å². The standard InChI is InChI=1S/C13H17N7O5S2/c1-25-13(15)10(24)20-8(9(22)23)5(4-26-11(13)20)6(2-3-7(14)21)27-12-16-18-19-17-12/h6,11H,2-4,15H2,1H3,(H2,14,21)(H,22,23)(H,16,17,18,19)/t6?,11-,13-/m0/s1. The van der Waals surface area contributed by atoms with Gasteiger partial charge in [0.2, 0.25) is 16.8 Å². The van der Waals surface area contributed by atoms with Crippen LogP contribution in [0, 0.1) is 0 Å². The van der Waals surface area contributed by atoms with E-state index in [9.17, 15) is 19.5 Å². The predicted octanol–water partition coefficient (Wildman–Crippen LogP) is -1.52. The highest BCUT2D eigenvalue weighted by Crippen LogP contribution is 2.47. The van der Waals surface area contributed by atoms with Gasteiger partial charge in [-0.3, -0.25) is 20.2 Å². The number of nitrogens with one attached hydrogen (secondary N) is 1. The topological polar surface area (TPSA) is 190 Å². The molecule has 27 heavy (non-hydrogen) atoms. The lowest BCUT2D eigenvalue weighted by Crippen LogP contribution is -2.78. The summed E-state index contributed by atoms with van der Waals surface area (Å²) in [4.78, 5) is 36.8. The number of tetrazole rings is 1. The summed E-state index contributed by atoms with van der Waals surface area (Å²) >= 11 is 2.46. The van der Waals surface area contributed by atoms with Crippen molar-refractivity contribution in [1.82, 2.24) is 25.5 Å². The summed E-state index contributed by atoms with van der Waals surface area (Å²) < 4.78 is 5.10. The van der Waals surface area contributed by atoms with E-state index in [-0.39, 0.29) is 24.3 Å². The lowest BCUT2D eigenvalue weighted by atomic mass is 9.97. The summed E-state index contributed by atoms with van der Waals surface area (Å²) in [5.41, 5.74) is 9.95. The largest absolute Gasteiger partial charge is 0.477 e. The molecule has 3 heterocycles. The minimum absolute atomic E-state index is 0.0383. The van der Waals surface area contributed by atoms with Crippen LogP contribution in [0.1, 0.15) is 12.8 Å². The molecule has 2 aliphatic heterocycles. The molecule has 1 aromatic rings. The summed E-state index contributed by atoms with van der Waals surface area (Å²) in [6.45, 7) is 0. The van der Waals surface area contributed by atoms with E-state index in [1.54, 1.807) is 0 Å². The quantitative estimate of drug-likeness (QED) is 0.219. The summed E-state index contributed by atoms with van der Waals surface area (Å²) in [6.07, 6.45) is 0.300. The molecule has 0 radical (unpaired) electrons. The van der Waals surface area contributed by atoms with E-state index in [4.69, 9.17) is 16.2 Å². The number of nitrogens with zero attached hydrogens (tertiary/aromatic N) is 4. The predicted molar refractivity (Wildman–Crippen MR) is 93.9 cm³/mol. The first-order chi connectivity index (χ1) is 12.8. The number of β-lactam (4-membered cyclic amide) rings is 1. The Kier molecular flexibility index (Phi) is 5.41. The van der Waals surface area contributed by atoms with Gasteiger partial charge in [-0.15, -0.1) is 16.9 Å². The molecule has 0 saturated carbocycles. The second kappa shape index (κ2) is 7.46. The number of nitrogens with two attached hydrogens (primary N) is 2. The number of aromatic nitrogens is 4. The molecule has 1 unspecified atom stereocenters. The van der Waals surface area contributed by atoms with Crippen LogP contribution >= 0.6 is 23.5 Å². The van der Waals surface area contributed by atoms with E-state index in [2.05, 4.69) is 20.6 Å². The van der Waals surface area contributed by atoms with Gasteiger partial charge in [-0.2, -0.15) is 0 Å². The Morgan fingerprint density at radius 1 is 1.59 bits per heavy atom. The number of carbonyl (C=O) groups is 3. The van der Waals surface area contributed by atoms with Crippen molar-refractivity contribution in [1.29, 1.82) is 0 Å². The fraction of sp³-hybridized carbons (Fsp3) is 0.538. The van der Waals surface area contributed by atoms with Gasteiger partial charge >= 0.3 is 5.97 Å². The van der Waals surface area contributed by atoms with Gasteiger partial charge in [0.05, 0.1) is 0 Å². The molecule has 0 aromatic carbocycles. The molecule has 3 rings (SSSR count). The molecule has 146 valence electrons. The number of primary amides is 1. The minimum Gasteiger partial charge on any atom is -0.477 e. The van der Waals surface area contributed by atoms with Gasteiger partial charge in [-0.1, -0.05) is 11.8 Å². The Morgan fingerprint density at radius 2 is 2.33 bits per heavy atom. The maximum Gasteiger partial charge on any atom is 0.352 e. The number of amides is 2. The molecule has 3 atom stereocenters. The highest BCUT2D eigenvalue weighted by atomic mass is 32.2. The van der Waals surface area contributed by atoms with Gasteiger partial charge in [0.15, 0.2) is 0 Å². The van der Waals surface area contributed by atoms with Crippen molar-refractivity contribution in [3.63, 3.8) is 0 Å². The number of aromatic amines is 1. The fourth-order valence-corrected chi connectivity index (χ4v) is 5.52. The van der Waals surface area contributed by atoms with Gasteiger partial charge in [0, 0.05) is 24.5 Å². The molecular weight excluding hydrogens is 398 g/mol. The van der Waals surface area contributed by atoms with Crippen molar-refractivity contribution >= 4 is 41.3 Å². The molecule has 14 heteroatoms. The monoisotopic (exact) mass is 415 g/mol. The molecule has 1 fully saturated rings. The molecule has 0 spiro atoms. The van der Waals surface area contributed by atoms with Crippen LogP contribution in [0.3, 0.4) is 0 Å². The number of hydrogen-bond acceptors (Lipinski definition) is 10. The number of carbonyl (C=O) groups excluding carboxylic acids is 2. The van der Waals surface area contributed by atoms with Gasteiger partial charge in [0.25, 0.3) is 5.91 Å². The van der Waals surface area contributed by atoms with Crippen LogP contribution in [-0.4, -0.2) is 77.6 Å². The Bertz CT molecular complexity index is 801. The lowest BCUT2D eigenvalue weighted by molar-refractivity contribution is -0.182. The van der Waals surface area contributed by atoms with E-state index >= 15 is 0 Å². The van der Waals surface area contributed by atoms with Crippen molar-refractivity contribution in [2.75, 3.05) is 12.9 Å². The number of aliphatic carboxylic acids is 1. The number of methoxy groups -OCH3 is 1. The normalized spacial score (nSPS) is 25.8. The number of fused-ring (bicyclic) bond motifs is 1. The average molecular weight is 415 g/mol. The third-order valence-electron chi connectivity index (χ3n) is 4.26. The van der Waals surface area contributed by atoms with Gasteiger partial charge in [0.1, 0.15) is 11.1 Å². The van der Waals surface area contributed by atoms with E-state index in [0.29, 0.717) is 10.7 Å². The smallest absolute Gasteiger partial charge is 0.352 e. The van der Waals surface area contributed by atoms with Crippen molar-refractivity contribution in [2.24, 2.45) is 11.5 Å². The molecule has 2 aliphatic rings. The minimum atomic E-state index is -1.55. The third kappa shape index (κ3) is 3.40. The van der Waals surface area contributed by atoms with Crippen LogP contribution < -0.4 is 11.5 Å². The van der Waals surface area contributed by atoms with Gasteiger partial charge in [-0.25, -0.2) is 9.89 Å². The van der Waals surface area contributed by atoms with Crippen molar-refractivity contribution in [3.8, 4) is 0 Å². The number of rotatable bonds is 8.